The van der Waals surface area contributed by atoms with Crippen LogP contribution in [0.3, 0.4) is 0 Å². The predicted molar refractivity (Wildman–Crippen MR) is 38.3 cm³/mol. The fraction of sp³-hybridized carbons (Fsp3) is 0.250. The second-order valence-electron chi connectivity index (χ2n) is 2.07. The van der Waals surface area contributed by atoms with Gasteiger partial charge in [-0.05, 0) is 19.9 Å². The SMILES string of the molecule is C=Cc1cc(C)oc1C. The first-order chi connectivity index (χ1) is 4.24. The van der Waals surface area contributed by atoms with Gasteiger partial charge in [0.25, 0.3) is 0 Å². The second kappa shape index (κ2) is 2.09. The molecule has 0 amide bonds. The molecule has 0 aromatic carbocycles. The highest BCUT2D eigenvalue weighted by Crippen LogP contribution is 2.13. The summed E-state index contributed by atoms with van der Waals surface area (Å²) >= 11 is 0. The van der Waals surface area contributed by atoms with Gasteiger partial charge in [-0.3, -0.25) is 0 Å². The minimum atomic E-state index is 0.947. The van der Waals surface area contributed by atoms with Crippen molar-refractivity contribution in [2.75, 3.05) is 0 Å². The maximum atomic E-state index is 5.23. The van der Waals surface area contributed by atoms with E-state index in [1.165, 1.54) is 0 Å². The molecule has 0 spiro atoms. The molecule has 0 atom stereocenters. The largest absolute Gasteiger partial charge is 0.466 e. The van der Waals surface area contributed by atoms with E-state index in [4.69, 9.17) is 4.42 Å². The fourth-order valence-electron chi connectivity index (χ4n) is 0.853. The molecule has 1 aromatic rings. The smallest absolute Gasteiger partial charge is 0.108 e. The number of rotatable bonds is 1. The molecule has 9 heavy (non-hydrogen) atoms. The molecule has 1 heteroatoms. The zero-order chi connectivity index (χ0) is 6.85. The molecule has 0 aliphatic rings. The van der Waals surface area contributed by atoms with Gasteiger partial charge < -0.3 is 4.42 Å². The summed E-state index contributed by atoms with van der Waals surface area (Å²) in [5.74, 6) is 1.89. The molecule has 1 aromatic heterocycles. The Morgan fingerprint density at radius 1 is 1.56 bits per heavy atom. The van der Waals surface area contributed by atoms with Crippen LogP contribution in [0.4, 0.5) is 0 Å². The van der Waals surface area contributed by atoms with Crippen molar-refractivity contribution in [2.24, 2.45) is 0 Å². The van der Waals surface area contributed by atoms with Crippen LogP contribution in [-0.4, -0.2) is 0 Å². The minimum Gasteiger partial charge on any atom is -0.466 e. The van der Waals surface area contributed by atoms with E-state index in [9.17, 15) is 0 Å². The van der Waals surface area contributed by atoms with Crippen molar-refractivity contribution in [3.63, 3.8) is 0 Å². The van der Waals surface area contributed by atoms with E-state index in [1.807, 2.05) is 19.9 Å². The standard InChI is InChI=1S/C8H10O/c1-4-8-5-6(2)9-7(8)3/h4-5H,1H2,2-3H3. The van der Waals surface area contributed by atoms with E-state index >= 15 is 0 Å². The lowest BCUT2D eigenvalue weighted by Gasteiger charge is -1.82. The van der Waals surface area contributed by atoms with Gasteiger partial charge >= 0.3 is 0 Å². The molecule has 1 nitrogen and oxygen atoms in total. The minimum absolute atomic E-state index is 0.947. The monoisotopic (exact) mass is 122 g/mol. The van der Waals surface area contributed by atoms with Crippen molar-refractivity contribution in [3.05, 3.63) is 29.7 Å². The molecule has 0 bridgehead atoms. The maximum absolute atomic E-state index is 5.23. The lowest BCUT2D eigenvalue weighted by molar-refractivity contribution is 0.504. The number of furan rings is 1. The Kier molecular flexibility index (Phi) is 1.43. The molecular weight excluding hydrogens is 112 g/mol. The number of hydrogen-bond donors (Lipinski definition) is 0. The van der Waals surface area contributed by atoms with Crippen molar-refractivity contribution < 1.29 is 4.42 Å². The third-order valence-electron chi connectivity index (χ3n) is 1.30. The highest BCUT2D eigenvalue weighted by molar-refractivity contribution is 5.49. The molecule has 1 rings (SSSR count). The molecule has 0 aliphatic heterocycles. The highest BCUT2D eigenvalue weighted by Gasteiger charge is 1.97. The van der Waals surface area contributed by atoms with Gasteiger partial charge in [0.2, 0.25) is 0 Å². The molecule has 0 unspecified atom stereocenters. The van der Waals surface area contributed by atoms with Gasteiger partial charge in [-0.15, -0.1) is 0 Å². The van der Waals surface area contributed by atoms with E-state index in [-0.39, 0.29) is 0 Å². The summed E-state index contributed by atoms with van der Waals surface area (Å²) in [6.07, 6.45) is 1.80. The van der Waals surface area contributed by atoms with E-state index in [0.29, 0.717) is 0 Å². The lowest BCUT2D eigenvalue weighted by atomic mass is 10.2. The lowest BCUT2D eigenvalue weighted by Crippen LogP contribution is -1.64. The van der Waals surface area contributed by atoms with Crippen LogP contribution >= 0.6 is 0 Å². The van der Waals surface area contributed by atoms with Gasteiger partial charge in [0.15, 0.2) is 0 Å². The van der Waals surface area contributed by atoms with E-state index in [1.54, 1.807) is 6.08 Å². The summed E-state index contributed by atoms with van der Waals surface area (Å²) in [6, 6.07) is 1.97. The van der Waals surface area contributed by atoms with Crippen LogP contribution < -0.4 is 0 Å². The topological polar surface area (TPSA) is 13.1 Å². The summed E-state index contributed by atoms with van der Waals surface area (Å²) < 4.78 is 5.23. The average Bonchev–Trinajstić information content (AvgIpc) is 2.10. The average molecular weight is 122 g/mol. The van der Waals surface area contributed by atoms with E-state index < -0.39 is 0 Å². The van der Waals surface area contributed by atoms with Crippen LogP contribution in [0.5, 0.6) is 0 Å². The Bertz CT molecular complexity index is 220. The Morgan fingerprint density at radius 3 is 2.44 bits per heavy atom. The molecular formula is C8H10O. The zero-order valence-electron chi connectivity index (χ0n) is 5.77. The summed E-state index contributed by atoms with van der Waals surface area (Å²) in [7, 11) is 0. The van der Waals surface area contributed by atoms with Gasteiger partial charge in [0, 0.05) is 5.56 Å². The Balaban J connectivity index is 3.15. The van der Waals surface area contributed by atoms with Gasteiger partial charge in [0.05, 0.1) is 0 Å². The van der Waals surface area contributed by atoms with E-state index in [2.05, 4.69) is 6.58 Å². The number of hydrogen-bond acceptors (Lipinski definition) is 1. The van der Waals surface area contributed by atoms with Crippen molar-refractivity contribution in [1.82, 2.24) is 0 Å². The van der Waals surface area contributed by atoms with Crippen molar-refractivity contribution >= 4 is 6.08 Å². The van der Waals surface area contributed by atoms with Crippen molar-refractivity contribution in [3.8, 4) is 0 Å². The van der Waals surface area contributed by atoms with Crippen LogP contribution in [0.25, 0.3) is 6.08 Å². The molecule has 0 radical (unpaired) electrons. The third kappa shape index (κ3) is 1.04. The first-order valence-electron chi connectivity index (χ1n) is 2.93. The Morgan fingerprint density at radius 2 is 2.22 bits per heavy atom. The van der Waals surface area contributed by atoms with Crippen LogP contribution in [0, 0.1) is 13.8 Å². The molecule has 0 saturated carbocycles. The Labute approximate surface area is 55.0 Å². The quantitative estimate of drug-likeness (QED) is 0.558. The fourth-order valence-corrected chi connectivity index (χ4v) is 0.853. The summed E-state index contributed by atoms with van der Waals surface area (Å²) in [5.41, 5.74) is 1.09. The second-order valence-corrected chi connectivity index (χ2v) is 2.07. The summed E-state index contributed by atoms with van der Waals surface area (Å²) in [4.78, 5) is 0. The summed E-state index contributed by atoms with van der Waals surface area (Å²) in [6.45, 7) is 7.51. The first kappa shape index (κ1) is 6.14. The molecule has 48 valence electrons. The van der Waals surface area contributed by atoms with Crippen LogP contribution in [-0.2, 0) is 0 Å². The maximum Gasteiger partial charge on any atom is 0.108 e. The number of aryl methyl sites for hydroxylation is 2. The van der Waals surface area contributed by atoms with Crippen LogP contribution in [0.2, 0.25) is 0 Å². The summed E-state index contributed by atoms with van der Waals surface area (Å²) in [5, 5.41) is 0. The molecule has 1 heterocycles. The zero-order valence-corrected chi connectivity index (χ0v) is 5.77. The molecule has 0 N–H and O–H groups in total. The molecule has 0 saturated heterocycles. The van der Waals surface area contributed by atoms with Gasteiger partial charge in [-0.2, -0.15) is 0 Å². The van der Waals surface area contributed by atoms with Crippen LogP contribution in [0.15, 0.2) is 17.1 Å². The van der Waals surface area contributed by atoms with E-state index in [0.717, 1.165) is 17.1 Å². The molecule has 0 aliphatic carbocycles. The van der Waals surface area contributed by atoms with Gasteiger partial charge in [-0.25, -0.2) is 0 Å². The van der Waals surface area contributed by atoms with Crippen molar-refractivity contribution in [1.29, 1.82) is 0 Å². The Hall–Kier alpha value is -0.980. The van der Waals surface area contributed by atoms with Gasteiger partial charge in [-0.1, -0.05) is 12.7 Å². The highest BCUT2D eigenvalue weighted by atomic mass is 16.3. The molecule has 0 fully saturated rings. The predicted octanol–water partition coefficient (Wildman–Crippen LogP) is 2.54. The normalized spacial score (nSPS) is 9.56. The van der Waals surface area contributed by atoms with Crippen molar-refractivity contribution in [2.45, 2.75) is 13.8 Å². The van der Waals surface area contributed by atoms with Gasteiger partial charge in [0.1, 0.15) is 11.5 Å². The van der Waals surface area contributed by atoms with Crippen LogP contribution in [0.1, 0.15) is 17.1 Å². The third-order valence-corrected chi connectivity index (χ3v) is 1.30. The first-order valence-corrected chi connectivity index (χ1v) is 2.93.